The molecule has 1 unspecified atom stereocenters. The highest BCUT2D eigenvalue weighted by atomic mass is 79.9. The van der Waals surface area contributed by atoms with Gasteiger partial charge in [0.15, 0.2) is 6.10 Å². The summed E-state index contributed by atoms with van der Waals surface area (Å²) in [5.74, 6) is -0.748. The molecule has 0 spiro atoms. The maximum atomic E-state index is 12.8. The minimum absolute atomic E-state index is 0.191. The van der Waals surface area contributed by atoms with Crippen LogP contribution in [0.4, 0.5) is 4.79 Å². The summed E-state index contributed by atoms with van der Waals surface area (Å²) >= 11 is 3.40. The van der Waals surface area contributed by atoms with E-state index in [-0.39, 0.29) is 5.78 Å². The van der Waals surface area contributed by atoms with E-state index in [1.165, 1.54) is 0 Å². The summed E-state index contributed by atoms with van der Waals surface area (Å²) in [7, 11) is 0. The summed E-state index contributed by atoms with van der Waals surface area (Å²) in [4.78, 5) is 37.6. The van der Waals surface area contributed by atoms with Crippen molar-refractivity contribution < 1.29 is 23.9 Å². The molecule has 1 atom stereocenters. The molecule has 0 radical (unpaired) electrons. The van der Waals surface area contributed by atoms with Crippen LogP contribution in [0.5, 0.6) is 0 Å². The van der Waals surface area contributed by atoms with Crippen LogP contribution < -0.4 is 5.32 Å². The predicted molar refractivity (Wildman–Crippen MR) is 103 cm³/mol. The first-order valence-electron chi connectivity index (χ1n) is 9.15. The predicted octanol–water partition coefficient (Wildman–Crippen LogP) is 3.94. The Bertz CT molecular complexity index is 779. The number of carbonyl (C=O) groups is 3. The van der Waals surface area contributed by atoms with E-state index in [1.807, 2.05) is 6.07 Å². The number of hydrogen-bond donors (Lipinski definition) is 1. The van der Waals surface area contributed by atoms with E-state index < -0.39 is 29.3 Å². The van der Waals surface area contributed by atoms with Gasteiger partial charge in [-0.15, -0.1) is 0 Å². The van der Waals surface area contributed by atoms with Crippen LogP contribution in [0.3, 0.4) is 0 Å². The van der Waals surface area contributed by atoms with Crippen molar-refractivity contribution in [2.45, 2.75) is 70.1 Å². The molecule has 1 N–H and O–H groups in total. The van der Waals surface area contributed by atoms with Gasteiger partial charge in [-0.2, -0.15) is 0 Å². The molecule has 1 aromatic carbocycles. The Balaban J connectivity index is 1.68. The summed E-state index contributed by atoms with van der Waals surface area (Å²) in [5, 5.41) is 2.66. The van der Waals surface area contributed by atoms with Gasteiger partial charge < -0.3 is 14.8 Å². The number of aryl methyl sites for hydroxylation is 1. The largest absolute Gasteiger partial charge is 0.452 e. The van der Waals surface area contributed by atoms with Gasteiger partial charge in [0.1, 0.15) is 11.1 Å². The third-order valence-corrected chi connectivity index (χ3v) is 5.38. The minimum atomic E-state index is -1.09. The fourth-order valence-corrected chi connectivity index (χ4v) is 3.77. The average molecular weight is 438 g/mol. The summed E-state index contributed by atoms with van der Waals surface area (Å²) < 4.78 is 11.7. The molecule has 2 aliphatic rings. The van der Waals surface area contributed by atoms with Gasteiger partial charge in [0, 0.05) is 10.0 Å². The Morgan fingerprint density at radius 1 is 1.26 bits per heavy atom. The molecule has 1 saturated carbocycles. The van der Waals surface area contributed by atoms with E-state index in [2.05, 4.69) is 21.2 Å². The number of carbonyl (C=O) groups excluding carboxylic acids is 3. The van der Waals surface area contributed by atoms with Crippen LogP contribution in [0, 0.1) is 0 Å². The van der Waals surface area contributed by atoms with Gasteiger partial charge in [-0.1, -0.05) is 15.9 Å². The Labute approximate surface area is 167 Å². The lowest BCUT2D eigenvalue weighted by atomic mass is 9.76. The van der Waals surface area contributed by atoms with Gasteiger partial charge >= 0.3 is 12.1 Å². The number of nitrogens with one attached hydrogen (secondary N) is 1. The van der Waals surface area contributed by atoms with Gasteiger partial charge in [0.05, 0.1) is 0 Å². The van der Waals surface area contributed by atoms with Crippen molar-refractivity contribution in [2.75, 3.05) is 0 Å². The van der Waals surface area contributed by atoms with Crippen molar-refractivity contribution in [3.05, 3.63) is 33.8 Å². The lowest BCUT2D eigenvalue weighted by Gasteiger charge is -2.40. The summed E-state index contributed by atoms with van der Waals surface area (Å²) in [6.45, 7) is 5.28. The molecule has 1 aromatic rings. The van der Waals surface area contributed by atoms with Crippen LogP contribution in [0.25, 0.3) is 0 Å². The number of fused-ring (bicyclic) bond motifs is 1. The Morgan fingerprint density at radius 2 is 1.96 bits per heavy atom. The van der Waals surface area contributed by atoms with E-state index in [0.717, 1.165) is 16.5 Å². The van der Waals surface area contributed by atoms with E-state index in [4.69, 9.17) is 9.47 Å². The van der Waals surface area contributed by atoms with Gasteiger partial charge in [0.2, 0.25) is 5.78 Å². The van der Waals surface area contributed by atoms with E-state index in [1.54, 1.807) is 32.9 Å². The second-order valence-corrected chi connectivity index (χ2v) is 9.08. The number of rotatable bonds is 3. The first kappa shape index (κ1) is 19.9. The Kier molecular flexibility index (Phi) is 5.34. The number of Topliss-reactive ketones (excluding diaryl/α,β-unsaturated/α-hetero) is 1. The molecule has 6 nitrogen and oxygen atoms in total. The van der Waals surface area contributed by atoms with Crippen LogP contribution in [-0.4, -0.2) is 35.1 Å². The van der Waals surface area contributed by atoms with E-state index >= 15 is 0 Å². The first-order valence-corrected chi connectivity index (χ1v) is 9.94. The maximum absolute atomic E-state index is 12.8. The highest BCUT2D eigenvalue weighted by Gasteiger charge is 2.49. The second-order valence-electron chi connectivity index (χ2n) is 8.16. The van der Waals surface area contributed by atoms with Crippen LogP contribution in [0.2, 0.25) is 0 Å². The van der Waals surface area contributed by atoms with Gasteiger partial charge in [-0.05, 0) is 76.6 Å². The lowest BCUT2D eigenvalue weighted by Crippen LogP contribution is -2.61. The number of esters is 1. The normalized spacial score (nSPS) is 20.9. The molecular formula is C20H24BrNO5. The van der Waals surface area contributed by atoms with Crippen LogP contribution in [0.15, 0.2) is 22.7 Å². The summed E-state index contributed by atoms with van der Waals surface area (Å²) in [6, 6.07) is 5.47. The number of amides is 1. The second kappa shape index (κ2) is 7.26. The molecule has 2 aliphatic carbocycles. The highest BCUT2D eigenvalue weighted by Crippen LogP contribution is 2.35. The highest BCUT2D eigenvalue weighted by molar-refractivity contribution is 9.10. The van der Waals surface area contributed by atoms with Crippen molar-refractivity contribution in [1.29, 1.82) is 0 Å². The smallest absolute Gasteiger partial charge is 0.408 e. The number of benzene rings is 1. The molecule has 7 heteroatoms. The first-order chi connectivity index (χ1) is 12.6. The third-order valence-electron chi connectivity index (χ3n) is 4.89. The number of hydrogen-bond acceptors (Lipinski definition) is 5. The molecule has 1 amide bonds. The van der Waals surface area contributed by atoms with Gasteiger partial charge in [-0.3, -0.25) is 4.79 Å². The molecule has 0 aromatic heterocycles. The van der Waals surface area contributed by atoms with E-state index in [9.17, 15) is 14.4 Å². The molecule has 0 aliphatic heterocycles. The maximum Gasteiger partial charge on any atom is 0.408 e. The zero-order valence-corrected chi connectivity index (χ0v) is 17.4. The van der Waals surface area contributed by atoms with Crippen LogP contribution in [0.1, 0.15) is 62.4 Å². The zero-order chi connectivity index (χ0) is 19.8. The van der Waals surface area contributed by atoms with Crippen molar-refractivity contribution in [2.24, 2.45) is 0 Å². The fourth-order valence-electron chi connectivity index (χ4n) is 3.36. The Hall–Kier alpha value is -1.89. The number of halogens is 1. The molecule has 27 heavy (non-hydrogen) atoms. The topological polar surface area (TPSA) is 81.7 Å². The quantitative estimate of drug-likeness (QED) is 0.724. The van der Waals surface area contributed by atoms with Crippen molar-refractivity contribution in [1.82, 2.24) is 5.32 Å². The van der Waals surface area contributed by atoms with Crippen molar-refractivity contribution in [3.63, 3.8) is 0 Å². The number of ether oxygens (including phenoxy) is 2. The monoisotopic (exact) mass is 437 g/mol. The Morgan fingerprint density at radius 3 is 2.56 bits per heavy atom. The number of ketones is 1. The van der Waals surface area contributed by atoms with Gasteiger partial charge in [0.25, 0.3) is 0 Å². The molecule has 3 rings (SSSR count). The average Bonchev–Trinajstić information content (AvgIpc) is 2.51. The molecule has 0 saturated heterocycles. The summed E-state index contributed by atoms with van der Waals surface area (Å²) in [5.41, 5.74) is -0.212. The minimum Gasteiger partial charge on any atom is -0.452 e. The van der Waals surface area contributed by atoms with E-state index in [0.29, 0.717) is 31.2 Å². The summed E-state index contributed by atoms with van der Waals surface area (Å²) in [6.07, 6.45) is 1.40. The third kappa shape index (κ3) is 4.34. The van der Waals surface area contributed by atoms with Crippen molar-refractivity contribution in [3.8, 4) is 0 Å². The van der Waals surface area contributed by atoms with Crippen LogP contribution >= 0.6 is 15.9 Å². The van der Waals surface area contributed by atoms with Crippen LogP contribution in [-0.2, 0) is 20.7 Å². The standard InChI is InChI=1S/C20H24BrNO5/c1-19(2,3)27-18(25)22-20(9-4-10-20)17(24)26-15-8-5-12-11-13(21)6-7-14(12)16(15)23/h6-7,11,15H,4-5,8-10H2,1-3H3,(H,22,25). The fraction of sp³-hybridized carbons (Fsp3) is 0.550. The SMILES string of the molecule is CC(C)(C)OC(=O)NC1(C(=O)OC2CCc3cc(Br)ccc3C2=O)CCC1. The molecular weight excluding hydrogens is 414 g/mol. The molecule has 0 bridgehead atoms. The molecule has 0 heterocycles. The van der Waals surface area contributed by atoms with Gasteiger partial charge in [-0.25, -0.2) is 9.59 Å². The van der Waals surface area contributed by atoms with Crippen molar-refractivity contribution >= 4 is 33.8 Å². The lowest BCUT2D eigenvalue weighted by molar-refractivity contribution is -0.159. The molecule has 146 valence electrons. The number of alkyl carbamates (subject to hydrolysis) is 1. The zero-order valence-electron chi connectivity index (χ0n) is 15.8. The molecule has 1 fully saturated rings.